The second-order valence-corrected chi connectivity index (χ2v) is 7.25. The van der Waals surface area contributed by atoms with Crippen LogP contribution in [0.15, 0.2) is 35.7 Å². The Morgan fingerprint density at radius 2 is 2.00 bits per heavy atom. The molecule has 0 heterocycles. The average molecular weight is 297 g/mol. The molecule has 5 heteroatoms. The van der Waals surface area contributed by atoms with Crippen molar-refractivity contribution in [3.05, 3.63) is 36.4 Å². The molecule has 0 bridgehead atoms. The van der Waals surface area contributed by atoms with Crippen molar-refractivity contribution in [2.75, 3.05) is 13.2 Å². The third kappa shape index (κ3) is 4.08. The number of sulfonamides is 1. The molecule has 0 aliphatic heterocycles. The summed E-state index contributed by atoms with van der Waals surface area (Å²) in [7, 11) is -3.51. The summed E-state index contributed by atoms with van der Waals surface area (Å²) in [5.74, 6) is 0.725. The van der Waals surface area contributed by atoms with E-state index < -0.39 is 10.0 Å². The maximum absolute atomic E-state index is 12.1. The topological polar surface area (TPSA) is 55.4 Å². The van der Waals surface area contributed by atoms with Crippen molar-refractivity contribution in [3.63, 3.8) is 0 Å². The quantitative estimate of drug-likeness (QED) is 0.821. The Hall–Kier alpha value is -1.33. The van der Waals surface area contributed by atoms with Crippen molar-refractivity contribution >= 4 is 10.0 Å². The minimum Gasteiger partial charge on any atom is -0.494 e. The molecule has 1 aromatic rings. The Morgan fingerprint density at radius 3 is 2.50 bits per heavy atom. The number of ether oxygens (including phenoxy) is 1. The molecule has 1 aromatic carbocycles. The van der Waals surface area contributed by atoms with Gasteiger partial charge in [0, 0.05) is 12.1 Å². The molecular formula is C15H23NO3S. The molecule has 0 aliphatic rings. The first-order valence-corrected chi connectivity index (χ1v) is 8.08. The highest BCUT2D eigenvalue weighted by atomic mass is 32.2. The molecule has 0 saturated heterocycles. The minimum atomic E-state index is -3.51. The molecule has 0 saturated carbocycles. The monoisotopic (exact) mass is 297 g/mol. The van der Waals surface area contributed by atoms with Crippen LogP contribution in [0.1, 0.15) is 33.3 Å². The standard InChI is InChI=1S/C15H23NO3S/c1-6-10-16-20(17,18)12-8-9-14(19-7-2)13(11-12)15(3,4)5/h6,8-9,11,16H,1,7,10H2,2-5H3. The van der Waals surface area contributed by atoms with Gasteiger partial charge in [-0.15, -0.1) is 6.58 Å². The fourth-order valence-corrected chi connectivity index (χ4v) is 2.82. The highest BCUT2D eigenvalue weighted by Gasteiger charge is 2.23. The summed E-state index contributed by atoms with van der Waals surface area (Å²) in [4.78, 5) is 0.243. The van der Waals surface area contributed by atoms with E-state index in [0.29, 0.717) is 6.61 Å². The Labute approximate surface area is 121 Å². The molecule has 112 valence electrons. The van der Waals surface area contributed by atoms with Gasteiger partial charge in [0.25, 0.3) is 0 Å². The first-order chi connectivity index (χ1) is 9.22. The zero-order valence-electron chi connectivity index (χ0n) is 12.6. The van der Waals surface area contributed by atoms with Gasteiger partial charge in [-0.1, -0.05) is 26.8 Å². The summed E-state index contributed by atoms with van der Waals surface area (Å²) in [5.41, 5.74) is 0.676. The molecule has 0 fully saturated rings. The van der Waals surface area contributed by atoms with E-state index in [1.807, 2.05) is 27.7 Å². The van der Waals surface area contributed by atoms with Crippen molar-refractivity contribution in [1.29, 1.82) is 0 Å². The lowest BCUT2D eigenvalue weighted by atomic mass is 9.86. The van der Waals surface area contributed by atoms with Crippen LogP contribution in [0.4, 0.5) is 0 Å². The molecular weight excluding hydrogens is 274 g/mol. The zero-order chi connectivity index (χ0) is 15.4. The minimum absolute atomic E-state index is 0.200. The number of hydrogen-bond acceptors (Lipinski definition) is 3. The molecule has 20 heavy (non-hydrogen) atoms. The van der Waals surface area contributed by atoms with Gasteiger partial charge in [0.15, 0.2) is 0 Å². The average Bonchev–Trinajstić information content (AvgIpc) is 2.36. The smallest absolute Gasteiger partial charge is 0.240 e. The maximum Gasteiger partial charge on any atom is 0.240 e. The van der Waals surface area contributed by atoms with Gasteiger partial charge >= 0.3 is 0 Å². The van der Waals surface area contributed by atoms with Crippen molar-refractivity contribution in [3.8, 4) is 5.75 Å². The first-order valence-electron chi connectivity index (χ1n) is 6.60. The number of benzene rings is 1. The van der Waals surface area contributed by atoms with Crippen LogP contribution in [0.3, 0.4) is 0 Å². The largest absolute Gasteiger partial charge is 0.494 e. The van der Waals surface area contributed by atoms with Crippen LogP contribution in [0.2, 0.25) is 0 Å². The highest BCUT2D eigenvalue weighted by molar-refractivity contribution is 7.89. The van der Waals surface area contributed by atoms with E-state index in [4.69, 9.17) is 4.74 Å². The highest BCUT2D eigenvalue weighted by Crippen LogP contribution is 2.33. The number of rotatable bonds is 6. The van der Waals surface area contributed by atoms with Gasteiger partial charge in [-0.3, -0.25) is 0 Å². The molecule has 1 N–H and O–H groups in total. The summed E-state index contributed by atoms with van der Waals surface area (Å²) >= 11 is 0. The fraction of sp³-hybridized carbons (Fsp3) is 0.467. The van der Waals surface area contributed by atoms with Crippen molar-refractivity contribution in [2.24, 2.45) is 0 Å². The van der Waals surface area contributed by atoms with E-state index in [1.54, 1.807) is 18.2 Å². The van der Waals surface area contributed by atoms with E-state index >= 15 is 0 Å². The summed E-state index contributed by atoms with van der Waals surface area (Å²) in [6.45, 7) is 12.2. The lowest BCUT2D eigenvalue weighted by Crippen LogP contribution is -2.24. The predicted molar refractivity (Wildman–Crippen MR) is 81.7 cm³/mol. The van der Waals surface area contributed by atoms with E-state index in [9.17, 15) is 8.42 Å². The second kappa shape index (κ2) is 6.41. The SMILES string of the molecule is C=CCNS(=O)(=O)c1ccc(OCC)c(C(C)(C)C)c1. The van der Waals surface area contributed by atoms with Gasteiger partial charge in [0.1, 0.15) is 5.75 Å². The van der Waals surface area contributed by atoms with E-state index in [-0.39, 0.29) is 16.9 Å². The van der Waals surface area contributed by atoms with E-state index in [2.05, 4.69) is 11.3 Å². The van der Waals surface area contributed by atoms with Crippen LogP contribution < -0.4 is 9.46 Å². The molecule has 1 rings (SSSR count). The van der Waals surface area contributed by atoms with Crippen molar-refractivity contribution < 1.29 is 13.2 Å². The third-order valence-corrected chi connectivity index (χ3v) is 4.21. The molecule has 0 aliphatic carbocycles. The molecule has 0 radical (unpaired) electrons. The van der Waals surface area contributed by atoms with Crippen LogP contribution in [-0.4, -0.2) is 21.6 Å². The Bertz CT molecular complexity index is 571. The normalized spacial score (nSPS) is 12.2. The molecule has 0 spiro atoms. The molecule has 0 atom stereocenters. The van der Waals surface area contributed by atoms with E-state index in [1.165, 1.54) is 6.08 Å². The van der Waals surface area contributed by atoms with Crippen molar-refractivity contribution in [2.45, 2.75) is 38.0 Å². The second-order valence-electron chi connectivity index (χ2n) is 5.48. The van der Waals surface area contributed by atoms with Gasteiger partial charge in [0.2, 0.25) is 10.0 Å². The first kappa shape index (κ1) is 16.7. The van der Waals surface area contributed by atoms with Gasteiger partial charge in [0.05, 0.1) is 11.5 Å². The molecule has 0 amide bonds. The summed E-state index contributed by atoms with van der Waals surface area (Å²) < 4.78 is 32.3. The van der Waals surface area contributed by atoms with Crippen LogP contribution in [0.5, 0.6) is 5.75 Å². The van der Waals surface area contributed by atoms with Gasteiger partial charge in [-0.05, 0) is 30.5 Å². The van der Waals surface area contributed by atoms with Crippen LogP contribution in [0.25, 0.3) is 0 Å². The zero-order valence-corrected chi connectivity index (χ0v) is 13.4. The lowest BCUT2D eigenvalue weighted by molar-refractivity contribution is 0.329. The predicted octanol–water partition coefficient (Wildman–Crippen LogP) is 2.85. The number of nitrogens with one attached hydrogen (secondary N) is 1. The van der Waals surface area contributed by atoms with Crippen molar-refractivity contribution in [1.82, 2.24) is 4.72 Å². The van der Waals surface area contributed by atoms with Gasteiger partial charge in [-0.2, -0.15) is 0 Å². The Kier molecular flexibility index (Phi) is 5.36. The number of hydrogen-bond donors (Lipinski definition) is 1. The van der Waals surface area contributed by atoms with Crippen LogP contribution in [-0.2, 0) is 15.4 Å². The Morgan fingerprint density at radius 1 is 1.35 bits per heavy atom. The Balaban J connectivity index is 3.29. The van der Waals surface area contributed by atoms with Gasteiger partial charge < -0.3 is 4.74 Å². The summed E-state index contributed by atoms with van der Waals surface area (Å²) in [6, 6.07) is 4.95. The van der Waals surface area contributed by atoms with E-state index in [0.717, 1.165) is 11.3 Å². The molecule has 4 nitrogen and oxygen atoms in total. The molecule has 0 aromatic heterocycles. The van der Waals surface area contributed by atoms with Crippen LogP contribution in [0, 0.1) is 0 Å². The summed E-state index contributed by atoms with van der Waals surface area (Å²) in [6.07, 6.45) is 1.51. The maximum atomic E-state index is 12.1. The third-order valence-electron chi connectivity index (χ3n) is 2.79. The lowest BCUT2D eigenvalue weighted by Gasteiger charge is -2.23. The summed E-state index contributed by atoms with van der Waals surface area (Å²) in [5, 5.41) is 0. The van der Waals surface area contributed by atoms with Gasteiger partial charge in [-0.25, -0.2) is 13.1 Å². The fourth-order valence-electron chi connectivity index (χ4n) is 1.80. The molecule has 0 unspecified atom stereocenters. The van der Waals surface area contributed by atoms with Crippen LogP contribution >= 0.6 is 0 Å².